The van der Waals surface area contributed by atoms with Crippen LogP contribution in [0.15, 0.2) is 59.4 Å². The summed E-state index contributed by atoms with van der Waals surface area (Å²) in [6.45, 7) is 3.71. The summed E-state index contributed by atoms with van der Waals surface area (Å²) in [5.41, 5.74) is 8.04. The molecule has 1 aromatic heterocycles. The minimum atomic E-state index is -0.307. The Hall–Kier alpha value is -4.06. The van der Waals surface area contributed by atoms with Crippen molar-refractivity contribution in [2.75, 3.05) is 5.73 Å². The lowest BCUT2D eigenvalue weighted by Crippen LogP contribution is -2.23. The fourth-order valence-corrected chi connectivity index (χ4v) is 3.70. The van der Waals surface area contributed by atoms with E-state index >= 15 is 0 Å². The van der Waals surface area contributed by atoms with Gasteiger partial charge in [0, 0.05) is 39.0 Å². The van der Waals surface area contributed by atoms with Gasteiger partial charge < -0.3 is 15.5 Å². The molecule has 0 saturated heterocycles. The summed E-state index contributed by atoms with van der Waals surface area (Å²) in [4.78, 5) is 51.6. The van der Waals surface area contributed by atoms with Crippen LogP contribution in [0.25, 0.3) is 21.8 Å². The molecule has 6 heteroatoms. The molecule has 0 bridgehead atoms. The second kappa shape index (κ2) is 7.65. The van der Waals surface area contributed by atoms with Crippen molar-refractivity contribution >= 4 is 45.3 Å². The highest BCUT2D eigenvalue weighted by Gasteiger charge is 2.33. The smallest absolute Gasteiger partial charge is 0.197 e. The number of fused-ring (bicyclic) bond motifs is 5. The van der Waals surface area contributed by atoms with Gasteiger partial charge in [-0.3, -0.25) is 14.4 Å². The molecule has 31 heavy (non-hydrogen) atoms. The van der Waals surface area contributed by atoms with Gasteiger partial charge in [0.15, 0.2) is 17.0 Å². The lowest BCUT2D eigenvalue weighted by molar-refractivity contribution is -0.110. The number of carbonyl (C=O) groups excluding carboxylic acids is 3. The van der Waals surface area contributed by atoms with Crippen molar-refractivity contribution < 1.29 is 14.4 Å². The number of aromatic nitrogens is 1. The third-order valence-electron chi connectivity index (χ3n) is 5.19. The van der Waals surface area contributed by atoms with Crippen LogP contribution in [-0.4, -0.2) is 22.8 Å². The number of nitrogen functional groups attached to an aromatic ring is 1. The van der Waals surface area contributed by atoms with Gasteiger partial charge >= 0.3 is 0 Å². The van der Waals surface area contributed by atoms with Crippen molar-refractivity contribution in [3.63, 3.8) is 0 Å². The van der Waals surface area contributed by atoms with Crippen LogP contribution < -0.4 is 11.2 Å². The summed E-state index contributed by atoms with van der Waals surface area (Å²) in [5, 5.41) is 0.926. The van der Waals surface area contributed by atoms with E-state index in [0.29, 0.717) is 21.8 Å². The molecule has 1 heterocycles. The molecular formula is C25H20N2O4. The molecule has 3 N–H and O–H groups in total. The molecule has 4 aromatic rings. The summed E-state index contributed by atoms with van der Waals surface area (Å²) >= 11 is 0. The first-order chi connectivity index (χ1) is 14.8. The molecule has 0 aliphatic heterocycles. The van der Waals surface area contributed by atoms with E-state index in [1.54, 1.807) is 42.5 Å². The van der Waals surface area contributed by atoms with Gasteiger partial charge in [0.25, 0.3) is 0 Å². The Bertz CT molecular complexity index is 1450. The normalized spacial score (nSPS) is 12.4. The maximum Gasteiger partial charge on any atom is 0.197 e. The summed E-state index contributed by atoms with van der Waals surface area (Å²) < 4.78 is 0. The fraction of sp³-hybridized carbons (Fsp3) is 0.120. The number of carbonyl (C=O) groups is 3. The van der Waals surface area contributed by atoms with E-state index in [1.807, 2.05) is 19.9 Å². The Kier molecular flexibility index (Phi) is 4.99. The third-order valence-corrected chi connectivity index (χ3v) is 5.19. The highest BCUT2D eigenvalue weighted by molar-refractivity contribution is 6.33. The van der Waals surface area contributed by atoms with Crippen LogP contribution in [0.5, 0.6) is 0 Å². The number of nitrogens with two attached hydrogens (primary N) is 1. The molecular weight excluding hydrogens is 392 g/mol. The van der Waals surface area contributed by atoms with Crippen LogP contribution in [0.1, 0.15) is 45.7 Å². The van der Waals surface area contributed by atoms with Crippen molar-refractivity contribution in [2.24, 2.45) is 5.92 Å². The van der Waals surface area contributed by atoms with Crippen molar-refractivity contribution in [1.82, 2.24) is 4.98 Å². The Balaban J connectivity index is 0.000000418. The summed E-state index contributed by atoms with van der Waals surface area (Å²) in [7, 11) is 0. The van der Waals surface area contributed by atoms with Crippen LogP contribution in [-0.2, 0) is 4.79 Å². The number of aldehydes is 1. The lowest BCUT2D eigenvalue weighted by Gasteiger charge is -2.20. The maximum atomic E-state index is 13.1. The number of benzene rings is 3. The molecule has 1 aliphatic carbocycles. The highest BCUT2D eigenvalue weighted by Crippen LogP contribution is 2.34. The predicted molar refractivity (Wildman–Crippen MR) is 121 cm³/mol. The number of pyridine rings is 1. The number of nitrogens with one attached hydrogen (secondary N) is 1. The van der Waals surface area contributed by atoms with Crippen LogP contribution in [0.2, 0.25) is 0 Å². The summed E-state index contributed by atoms with van der Waals surface area (Å²) in [6, 6.07) is 15.1. The molecule has 0 amide bonds. The maximum absolute atomic E-state index is 13.1. The van der Waals surface area contributed by atoms with E-state index in [1.165, 1.54) is 6.07 Å². The predicted octanol–water partition coefficient (Wildman–Crippen LogP) is 3.88. The zero-order chi connectivity index (χ0) is 22.3. The molecule has 0 fully saturated rings. The van der Waals surface area contributed by atoms with Crippen LogP contribution in [0, 0.1) is 5.92 Å². The number of aromatic amines is 1. The third kappa shape index (κ3) is 3.22. The summed E-state index contributed by atoms with van der Waals surface area (Å²) in [5.74, 6) is -0.406. The van der Waals surface area contributed by atoms with E-state index in [4.69, 9.17) is 5.73 Å². The molecule has 5 rings (SSSR count). The number of para-hydroxylation sites is 1. The molecule has 6 nitrogen and oxygen atoms in total. The van der Waals surface area contributed by atoms with E-state index in [2.05, 4.69) is 4.98 Å². The molecule has 154 valence electrons. The zero-order valence-electron chi connectivity index (χ0n) is 17.1. The average Bonchev–Trinajstić information content (AvgIpc) is 2.77. The van der Waals surface area contributed by atoms with E-state index < -0.39 is 0 Å². The molecule has 1 aliphatic rings. The van der Waals surface area contributed by atoms with Gasteiger partial charge in [0.1, 0.15) is 6.29 Å². The first-order valence-corrected chi connectivity index (χ1v) is 9.86. The van der Waals surface area contributed by atoms with Gasteiger partial charge in [-0.25, -0.2) is 0 Å². The Morgan fingerprint density at radius 3 is 2.16 bits per heavy atom. The zero-order valence-corrected chi connectivity index (χ0v) is 17.1. The fourth-order valence-electron chi connectivity index (χ4n) is 3.70. The SMILES string of the molecule is CC(C)C=O.Nc1cccc2c1C(=O)c1ccc3c(=O)c4ccccc4[nH]c3c1C2=O. The number of rotatable bonds is 1. The van der Waals surface area contributed by atoms with E-state index in [9.17, 15) is 19.2 Å². The largest absolute Gasteiger partial charge is 0.398 e. The van der Waals surface area contributed by atoms with Gasteiger partial charge in [0.05, 0.1) is 16.6 Å². The summed E-state index contributed by atoms with van der Waals surface area (Å²) in [6.07, 6.45) is 0.917. The quantitative estimate of drug-likeness (QED) is 0.247. The van der Waals surface area contributed by atoms with Crippen LogP contribution >= 0.6 is 0 Å². The highest BCUT2D eigenvalue weighted by atomic mass is 16.1. The second-order valence-corrected chi connectivity index (χ2v) is 7.72. The van der Waals surface area contributed by atoms with Crippen molar-refractivity contribution in [2.45, 2.75) is 13.8 Å². The lowest BCUT2D eigenvalue weighted by atomic mass is 9.82. The number of hydrogen-bond acceptors (Lipinski definition) is 5. The molecule has 0 spiro atoms. The van der Waals surface area contributed by atoms with Gasteiger partial charge in [-0.1, -0.05) is 38.1 Å². The van der Waals surface area contributed by atoms with E-state index in [0.717, 1.165) is 6.29 Å². The Labute approximate surface area is 177 Å². The topological polar surface area (TPSA) is 110 Å². The van der Waals surface area contributed by atoms with E-state index in [-0.39, 0.29) is 50.9 Å². The first kappa shape index (κ1) is 20.2. The van der Waals surface area contributed by atoms with Crippen molar-refractivity contribution in [3.8, 4) is 0 Å². The first-order valence-electron chi connectivity index (χ1n) is 9.86. The second-order valence-electron chi connectivity index (χ2n) is 7.72. The van der Waals surface area contributed by atoms with Crippen molar-refractivity contribution in [3.05, 3.63) is 87.1 Å². The molecule has 3 aromatic carbocycles. The Morgan fingerprint density at radius 1 is 0.806 bits per heavy atom. The Morgan fingerprint density at radius 2 is 1.45 bits per heavy atom. The number of hydrogen-bond donors (Lipinski definition) is 2. The molecule has 0 unspecified atom stereocenters. The molecule has 0 radical (unpaired) electrons. The minimum Gasteiger partial charge on any atom is -0.398 e. The minimum absolute atomic E-state index is 0.171. The van der Waals surface area contributed by atoms with Crippen LogP contribution in [0.3, 0.4) is 0 Å². The van der Waals surface area contributed by atoms with Gasteiger partial charge in [-0.2, -0.15) is 0 Å². The van der Waals surface area contributed by atoms with Gasteiger partial charge in [0.2, 0.25) is 0 Å². The monoisotopic (exact) mass is 412 g/mol. The molecule has 0 saturated carbocycles. The standard InChI is InChI=1S/C21H12N2O3.C4H8O/c22-14-6-3-5-11-16(14)20(25)12-8-9-13-18(17(12)21(11)26)23-15-7-2-1-4-10(15)19(13)24;1-4(2)3-5/h1-9H,22H2,(H,23,24);3-4H,1-2H3. The van der Waals surface area contributed by atoms with Crippen LogP contribution in [0.4, 0.5) is 5.69 Å². The number of anilines is 1. The molecule has 0 atom stereocenters. The number of ketones is 2. The van der Waals surface area contributed by atoms with Crippen molar-refractivity contribution in [1.29, 1.82) is 0 Å². The van der Waals surface area contributed by atoms with Gasteiger partial charge in [-0.15, -0.1) is 0 Å². The number of H-pyrrole nitrogens is 1. The average molecular weight is 412 g/mol. The van der Waals surface area contributed by atoms with Gasteiger partial charge in [-0.05, 0) is 30.3 Å².